The lowest BCUT2D eigenvalue weighted by molar-refractivity contribution is -0.149. The van der Waals surface area contributed by atoms with Crippen LogP contribution in [0.3, 0.4) is 0 Å². The van der Waals surface area contributed by atoms with Crippen molar-refractivity contribution in [1.82, 2.24) is 0 Å². The zero-order chi connectivity index (χ0) is 12.2. The van der Waals surface area contributed by atoms with Crippen LogP contribution in [0.25, 0.3) is 0 Å². The Morgan fingerprint density at radius 2 is 1.87 bits per heavy atom. The molecule has 0 saturated carbocycles. The van der Waals surface area contributed by atoms with E-state index in [1.807, 2.05) is 19.6 Å². The van der Waals surface area contributed by atoms with Crippen molar-refractivity contribution in [3.05, 3.63) is 11.8 Å². The third-order valence-electron chi connectivity index (χ3n) is 1.88. The van der Waals surface area contributed by atoms with Crippen molar-refractivity contribution in [2.45, 2.75) is 39.6 Å². The third-order valence-corrected chi connectivity index (χ3v) is 2.73. The van der Waals surface area contributed by atoms with Gasteiger partial charge in [-0.15, -0.1) is 0 Å². The summed E-state index contributed by atoms with van der Waals surface area (Å²) in [7, 11) is -1.76. The van der Waals surface area contributed by atoms with E-state index in [4.69, 9.17) is 9.53 Å². The van der Waals surface area contributed by atoms with Gasteiger partial charge in [-0.1, -0.05) is 13.0 Å². The molecular weight excluding hydrogens is 212 g/mol. The number of rotatable bonds is 5. The van der Waals surface area contributed by atoms with E-state index in [0.29, 0.717) is 5.76 Å². The summed E-state index contributed by atoms with van der Waals surface area (Å²) >= 11 is 0. The van der Waals surface area contributed by atoms with E-state index in [2.05, 4.69) is 0 Å². The van der Waals surface area contributed by atoms with Crippen LogP contribution in [0.15, 0.2) is 11.8 Å². The number of allylic oxidation sites excluding steroid dienone is 1. The molecule has 5 heteroatoms. The van der Waals surface area contributed by atoms with Gasteiger partial charge in [-0.05, 0) is 26.6 Å². The van der Waals surface area contributed by atoms with Gasteiger partial charge in [-0.2, -0.15) is 0 Å². The second-order valence-electron chi connectivity index (χ2n) is 4.48. The van der Waals surface area contributed by atoms with Gasteiger partial charge in [-0.25, -0.2) is 4.79 Å². The average Bonchev–Trinajstić information content (AvgIpc) is 2.10. The number of carbonyl (C=O) groups is 1. The molecule has 88 valence electrons. The summed E-state index contributed by atoms with van der Waals surface area (Å²) in [6.07, 6.45) is 0.308. The lowest BCUT2D eigenvalue weighted by atomic mass is 10.0. The number of aliphatic carboxylic acids is 1. The molecule has 0 aromatic rings. The molecule has 4 nitrogen and oxygen atoms in total. The van der Waals surface area contributed by atoms with E-state index in [9.17, 15) is 9.90 Å². The molecule has 0 rings (SSSR count). The van der Waals surface area contributed by atoms with Crippen LogP contribution in [-0.2, 0) is 9.22 Å². The van der Waals surface area contributed by atoms with Crippen molar-refractivity contribution < 1.29 is 19.4 Å². The summed E-state index contributed by atoms with van der Waals surface area (Å²) in [4.78, 5) is 10.6. The number of hydrogen-bond donors (Lipinski definition) is 2. The molecule has 0 fully saturated rings. The maximum Gasteiger partial charge on any atom is 0.333 e. The fourth-order valence-corrected chi connectivity index (χ4v) is 2.15. The highest BCUT2D eigenvalue weighted by atomic mass is 28.4. The Kier molecular flexibility index (Phi) is 5.03. The molecule has 2 unspecified atom stereocenters. The first-order chi connectivity index (χ1) is 6.69. The van der Waals surface area contributed by atoms with Gasteiger partial charge in [0.25, 0.3) is 0 Å². The van der Waals surface area contributed by atoms with Gasteiger partial charge in [-0.3, -0.25) is 0 Å². The van der Waals surface area contributed by atoms with Gasteiger partial charge in [0.15, 0.2) is 6.10 Å². The maximum absolute atomic E-state index is 10.6. The Morgan fingerprint density at radius 1 is 1.40 bits per heavy atom. The Bertz CT molecular complexity index is 255. The SMILES string of the molecule is CC=C(O[Si](C)(C)C)C(C)C(O)C(=O)O. The Balaban J connectivity index is 4.64. The molecule has 0 saturated heterocycles. The number of carboxylic acids is 1. The number of carboxylic acid groups (broad SMARTS) is 1. The first kappa shape index (κ1) is 14.2. The smallest absolute Gasteiger partial charge is 0.333 e. The molecule has 0 aliphatic heterocycles. The van der Waals surface area contributed by atoms with E-state index in [-0.39, 0.29) is 0 Å². The molecule has 0 radical (unpaired) electrons. The summed E-state index contributed by atoms with van der Waals surface area (Å²) < 4.78 is 5.70. The van der Waals surface area contributed by atoms with E-state index in [1.54, 1.807) is 19.9 Å². The van der Waals surface area contributed by atoms with Crippen LogP contribution in [0.4, 0.5) is 0 Å². The van der Waals surface area contributed by atoms with Gasteiger partial charge < -0.3 is 14.6 Å². The molecular formula is C10H20O4Si. The highest BCUT2D eigenvalue weighted by Gasteiger charge is 2.28. The van der Waals surface area contributed by atoms with Crippen LogP contribution in [0.1, 0.15) is 13.8 Å². The molecule has 0 heterocycles. The largest absolute Gasteiger partial charge is 0.547 e. The summed E-state index contributed by atoms with van der Waals surface area (Å²) in [6, 6.07) is 0. The first-order valence-electron chi connectivity index (χ1n) is 4.95. The molecule has 0 aliphatic rings. The van der Waals surface area contributed by atoms with Crippen LogP contribution in [0.2, 0.25) is 19.6 Å². The predicted octanol–water partition coefficient (Wildman–Crippen LogP) is 1.82. The van der Waals surface area contributed by atoms with Gasteiger partial charge in [0.05, 0.1) is 5.76 Å². The van der Waals surface area contributed by atoms with Crippen molar-refractivity contribution in [1.29, 1.82) is 0 Å². The molecule has 0 bridgehead atoms. The standard InChI is InChI=1S/C10H20O4Si/c1-6-8(14-15(3,4)5)7(2)9(11)10(12)13/h6-7,9,11H,1-5H3,(H,12,13). The summed E-state index contributed by atoms with van der Waals surface area (Å²) in [5.74, 6) is -1.18. The molecule has 2 N–H and O–H groups in total. The molecule has 0 amide bonds. The Morgan fingerprint density at radius 3 is 2.13 bits per heavy atom. The Labute approximate surface area is 91.7 Å². The van der Waals surface area contributed by atoms with E-state index >= 15 is 0 Å². The van der Waals surface area contributed by atoms with Gasteiger partial charge >= 0.3 is 5.97 Å². The van der Waals surface area contributed by atoms with Crippen molar-refractivity contribution in [2.75, 3.05) is 0 Å². The quantitative estimate of drug-likeness (QED) is 0.560. The highest BCUT2D eigenvalue weighted by molar-refractivity contribution is 6.70. The van der Waals surface area contributed by atoms with E-state index in [0.717, 1.165) is 0 Å². The molecule has 0 spiro atoms. The summed E-state index contributed by atoms with van der Waals surface area (Å²) in [5.41, 5.74) is 0. The van der Waals surface area contributed by atoms with Gasteiger partial charge in [0.2, 0.25) is 8.32 Å². The monoisotopic (exact) mass is 232 g/mol. The molecule has 0 aromatic carbocycles. The molecule has 0 aromatic heterocycles. The lowest BCUT2D eigenvalue weighted by Crippen LogP contribution is -2.33. The molecule has 2 atom stereocenters. The second-order valence-corrected chi connectivity index (χ2v) is 8.91. The molecule has 0 aliphatic carbocycles. The predicted molar refractivity (Wildman–Crippen MR) is 61.0 cm³/mol. The highest BCUT2D eigenvalue weighted by Crippen LogP contribution is 2.21. The average molecular weight is 232 g/mol. The zero-order valence-electron chi connectivity index (χ0n) is 9.94. The topological polar surface area (TPSA) is 66.8 Å². The minimum Gasteiger partial charge on any atom is -0.547 e. The summed E-state index contributed by atoms with van der Waals surface area (Å²) in [6.45, 7) is 9.46. The van der Waals surface area contributed by atoms with E-state index in [1.165, 1.54) is 0 Å². The van der Waals surface area contributed by atoms with Gasteiger partial charge in [0, 0.05) is 5.92 Å². The zero-order valence-corrected chi connectivity index (χ0v) is 10.9. The third kappa shape index (κ3) is 4.99. The van der Waals surface area contributed by atoms with Crippen LogP contribution in [0, 0.1) is 5.92 Å². The minimum absolute atomic E-state index is 0.515. The number of aliphatic hydroxyl groups excluding tert-OH is 1. The lowest BCUT2D eigenvalue weighted by Gasteiger charge is -2.26. The maximum atomic E-state index is 10.6. The Hall–Kier alpha value is -0.813. The number of hydrogen-bond acceptors (Lipinski definition) is 3. The first-order valence-corrected chi connectivity index (χ1v) is 8.36. The van der Waals surface area contributed by atoms with Crippen LogP contribution < -0.4 is 0 Å². The van der Waals surface area contributed by atoms with Crippen LogP contribution in [0.5, 0.6) is 0 Å². The van der Waals surface area contributed by atoms with Crippen molar-refractivity contribution in [2.24, 2.45) is 5.92 Å². The van der Waals surface area contributed by atoms with Gasteiger partial charge in [0.1, 0.15) is 0 Å². The molecule has 15 heavy (non-hydrogen) atoms. The van der Waals surface area contributed by atoms with E-state index < -0.39 is 26.3 Å². The normalized spacial score (nSPS) is 17.1. The minimum atomic E-state index is -1.76. The van der Waals surface area contributed by atoms with Crippen molar-refractivity contribution in [3.8, 4) is 0 Å². The van der Waals surface area contributed by atoms with Crippen LogP contribution in [-0.4, -0.2) is 30.6 Å². The fourth-order valence-electron chi connectivity index (χ4n) is 1.14. The number of aliphatic hydroxyl groups is 1. The second kappa shape index (κ2) is 5.32. The van der Waals surface area contributed by atoms with Crippen molar-refractivity contribution >= 4 is 14.3 Å². The van der Waals surface area contributed by atoms with Crippen LogP contribution >= 0.6 is 0 Å². The summed E-state index contributed by atoms with van der Waals surface area (Å²) in [5, 5.41) is 18.1. The fraction of sp³-hybridized carbons (Fsp3) is 0.700. The van der Waals surface area contributed by atoms with Crippen molar-refractivity contribution in [3.63, 3.8) is 0 Å².